The average Bonchev–Trinajstić information content (AvgIpc) is 3.25. The van der Waals surface area contributed by atoms with Crippen LogP contribution in [-0.4, -0.2) is 204 Å². The van der Waals surface area contributed by atoms with E-state index in [1.807, 2.05) is 88.2 Å². The molecule has 91 heavy (non-hydrogen) atoms. The number of likely N-dealkylation sites (N-methyl/N-ethyl adjacent to an activating group) is 2. The molecule has 1 aromatic carbocycles. The number of amides is 11. The topological polar surface area (TPSA) is 344 Å². The van der Waals surface area contributed by atoms with Gasteiger partial charge in [-0.3, -0.25) is 53.0 Å². The number of imide groups is 1. The minimum atomic E-state index is -4.53. The molecular formula is C64H107N11O15S. The lowest BCUT2D eigenvalue weighted by Gasteiger charge is -2.41. The van der Waals surface area contributed by atoms with Gasteiger partial charge < -0.3 is 56.3 Å². The molecule has 8 N–H and O–H groups in total. The second kappa shape index (κ2) is 35.5. The van der Waals surface area contributed by atoms with Crippen LogP contribution in [0.15, 0.2) is 41.3 Å². The second-order valence-corrected chi connectivity index (χ2v) is 28.5. The normalized spacial score (nSPS) is 18.2. The third kappa shape index (κ3) is 22.9. The van der Waals surface area contributed by atoms with Gasteiger partial charge >= 0.3 is 6.03 Å². The van der Waals surface area contributed by atoms with Crippen LogP contribution < -0.4 is 37.0 Å². The standard InChI is InChI=1S/C64H107N11O15S/c1-19-41(9)55(73(16)61(84)53(39(5)6)70-60(83)54(40(7)8)72(14)15)47(88-17)33-51(79)74-32-22-24-46(74)56(89-18)42(10)57(80)71-91(86,87)44-27-25-43(26-28-44)67-58(81)45(23-21-31-66-62(65)85)68-59(82)52(38(3)4)69-48(76)34-64(13,20-2)37-90-36-63(11,12)35-75-49(77)29-30-50(75)78/h25-30,38-42,45-47,52-56H,19-24,31-37H2,1-18H3,(H,67,81)(H,68,82)(H,69,76)(H,70,83)(H,71,80)(H3,65,66,85). The molecule has 0 aliphatic carbocycles. The van der Waals surface area contributed by atoms with Gasteiger partial charge in [0, 0.05) is 70.6 Å². The fraction of sp³-hybridized carbons (Fsp3) is 0.719. The number of methoxy groups -OCH3 is 2. The number of nitrogens with one attached hydrogen (secondary N) is 6. The molecule has 2 aliphatic heterocycles. The first kappa shape index (κ1) is 78.7. The summed E-state index contributed by atoms with van der Waals surface area (Å²) in [5.74, 6) is -6.37. The Kier molecular flexibility index (Phi) is 30.7. The van der Waals surface area contributed by atoms with E-state index < -0.39 is 123 Å². The van der Waals surface area contributed by atoms with E-state index in [0.29, 0.717) is 32.2 Å². The average molecular weight is 1300 g/mol. The Labute approximate surface area is 539 Å². The number of hydrogen-bond donors (Lipinski definition) is 7. The highest BCUT2D eigenvalue weighted by atomic mass is 32.2. The maximum Gasteiger partial charge on any atom is 0.312 e. The van der Waals surface area contributed by atoms with Gasteiger partial charge in [0.25, 0.3) is 21.8 Å². The molecule has 1 aromatic rings. The van der Waals surface area contributed by atoms with Gasteiger partial charge in [0.1, 0.15) is 18.1 Å². The van der Waals surface area contributed by atoms with Crippen LogP contribution in [-0.2, 0) is 67.4 Å². The molecule has 0 radical (unpaired) electrons. The Morgan fingerprint density at radius 3 is 1.89 bits per heavy atom. The summed E-state index contributed by atoms with van der Waals surface area (Å²) in [6.07, 6.45) is 2.95. The number of sulfonamides is 1. The lowest BCUT2D eigenvalue weighted by molar-refractivity contribution is -0.148. The minimum Gasteiger partial charge on any atom is -0.380 e. The van der Waals surface area contributed by atoms with Crippen LogP contribution in [0.25, 0.3) is 0 Å². The number of benzene rings is 1. The van der Waals surface area contributed by atoms with Crippen molar-refractivity contribution in [2.75, 3.05) is 73.5 Å². The van der Waals surface area contributed by atoms with Crippen molar-refractivity contribution in [1.82, 2.24) is 45.6 Å². The molecule has 514 valence electrons. The second-order valence-electron chi connectivity index (χ2n) is 26.8. The van der Waals surface area contributed by atoms with Crippen LogP contribution >= 0.6 is 0 Å². The van der Waals surface area contributed by atoms with Crippen molar-refractivity contribution in [2.45, 2.75) is 195 Å². The van der Waals surface area contributed by atoms with Gasteiger partial charge in [-0.2, -0.15) is 0 Å². The first-order valence-electron chi connectivity index (χ1n) is 31.7. The summed E-state index contributed by atoms with van der Waals surface area (Å²) in [5.41, 5.74) is 4.12. The number of nitrogens with zero attached hydrogens (tertiary/aromatic N) is 4. The van der Waals surface area contributed by atoms with Gasteiger partial charge in [-0.15, -0.1) is 0 Å². The molecule has 0 bridgehead atoms. The van der Waals surface area contributed by atoms with Crippen LogP contribution in [0, 0.1) is 40.4 Å². The number of likely N-dealkylation sites (tertiary alicyclic amines) is 1. The van der Waals surface area contributed by atoms with Crippen molar-refractivity contribution in [3.63, 3.8) is 0 Å². The van der Waals surface area contributed by atoms with Crippen molar-refractivity contribution in [3.8, 4) is 0 Å². The minimum absolute atomic E-state index is 0.00567. The van der Waals surface area contributed by atoms with E-state index in [0.717, 1.165) is 4.90 Å². The number of urea groups is 1. The van der Waals surface area contributed by atoms with Crippen molar-refractivity contribution >= 4 is 74.9 Å². The molecule has 11 unspecified atom stereocenters. The smallest absolute Gasteiger partial charge is 0.312 e. The predicted molar refractivity (Wildman–Crippen MR) is 345 cm³/mol. The Hall–Kier alpha value is -6.55. The Balaban J connectivity index is 1.73. The number of ether oxygens (including phenoxy) is 3. The van der Waals surface area contributed by atoms with Crippen molar-refractivity contribution in [2.24, 2.45) is 46.2 Å². The van der Waals surface area contributed by atoms with E-state index in [1.54, 1.807) is 30.7 Å². The molecule has 2 aliphatic rings. The molecular weight excluding hydrogens is 1190 g/mol. The maximum absolute atomic E-state index is 14.5. The largest absolute Gasteiger partial charge is 0.380 e. The number of rotatable bonds is 38. The van der Waals surface area contributed by atoms with Crippen LogP contribution in [0.2, 0.25) is 0 Å². The van der Waals surface area contributed by atoms with E-state index in [4.69, 9.17) is 19.9 Å². The van der Waals surface area contributed by atoms with Gasteiger partial charge in [-0.05, 0) is 99.6 Å². The molecule has 26 nitrogen and oxygen atoms in total. The van der Waals surface area contributed by atoms with E-state index >= 15 is 0 Å². The molecule has 0 aromatic heterocycles. The molecule has 27 heteroatoms. The van der Waals surface area contributed by atoms with Crippen LogP contribution in [0.4, 0.5) is 10.5 Å². The zero-order chi connectivity index (χ0) is 69.0. The number of hydrogen-bond acceptors (Lipinski definition) is 16. The fourth-order valence-electron chi connectivity index (χ4n) is 11.7. The van der Waals surface area contributed by atoms with Crippen LogP contribution in [0.3, 0.4) is 0 Å². The summed E-state index contributed by atoms with van der Waals surface area (Å²) >= 11 is 0. The summed E-state index contributed by atoms with van der Waals surface area (Å²) in [6.45, 7) is 24.9. The molecule has 2 heterocycles. The third-order valence-electron chi connectivity index (χ3n) is 17.4. The maximum atomic E-state index is 14.5. The van der Waals surface area contributed by atoms with Gasteiger partial charge in [-0.25, -0.2) is 17.9 Å². The van der Waals surface area contributed by atoms with E-state index in [1.165, 1.54) is 57.6 Å². The molecule has 0 saturated carbocycles. The van der Waals surface area contributed by atoms with E-state index in [-0.39, 0.29) is 98.0 Å². The van der Waals surface area contributed by atoms with Gasteiger partial charge in [0.15, 0.2) is 0 Å². The Bertz CT molecular complexity index is 2790. The number of nitrogens with two attached hydrogens (primary N) is 1. The zero-order valence-electron chi connectivity index (χ0n) is 57.1. The van der Waals surface area contributed by atoms with Gasteiger partial charge in [-0.1, -0.05) is 96.4 Å². The molecule has 11 amide bonds. The van der Waals surface area contributed by atoms with Crippen molar-refractivity contribution in [1.29, 1.82) is 0 Å². The highest BCUT2D eigenvalue weighted by Crippen LogP contribution is 2.32. The molecule has 1 fully saturated rings. The third-order valence-corrected chi connectivity index (χ3v) is 18.7. The van der Waals surface area contributed by atoms with Crippen LogP contribution in [0.1, 0.15) is 141 Å². The van der Waals surface area contributed by atoms with E-state index in [2.05, 4.69) is 31.3 Å². The van der Waals surface area contributed by atoms with E-state index in [9.17, 15) is 56.4 Å². The first-order valence-corrected chi connectivity index (χ1v) is 33.2. The summed E-state index contributed by atoms with van der Waals surface area (Å²) in [6, 6.07) is -0.691. The van der Waals surface area contributed by atoms with Gasteiger partial charge in [0.2, 0.25) is 41.4 Å². The zero-order valence-corrected chi connectivity index (χ0v) is 57.9. The monoisotopic (exact) mass is 1300 g/mol. The molecule has 11 atom stereocenters. The van der Waals surface area contributed by atoms with Gasteiger partial charge in [0.05, 0.1) is 60.8 Å². The molecule has 1 saturated heterocycles. The lowest BCUT2D eigenvalue weighted by Crippen LogP contribution is -2.59. The number of carbonyl (C=O) groups is 10. The first-order chi connectivity index (χ1) is 42.4. The fourth-order valence-corrected chi connectivity index (χ4v) is 12.8. The summed E-state index contributed by atoms with van der Waals surface area (Å²) < 4.78 is 47.8. The number of anilines is 1. The molecule has 3 rings (SSSR count). The van der Waals surface area contributed by atoms with Crippen molar-refractivity contribution < 1.29 is 70.6 Å². The van der Waals surface area contributed by atoms with Crippen molar-refractivity contribution in [3.05, 3.63) is 36.4 Å². The number of primary amides is 1. The lowest BCUT2D eigenvalue weighted by atomic mass is 9.84. The number of carbonyl (C=O) groups excluding carboxylic acids is 10. The SMILES string of the molecule is CCC(C)C(C(CC(=O)N1CCCC1C(OC)C(C)C(=O)NS(=O)(=O)c1ccc(NC(=O)C(CCCNC(N)=O)NC(=O)C(NC(=O)CC(C)(CC)COCC(C)(C)CN2C(=O)C=CC2=O)C(C)C)cc1)OC)N(C)C(=O)C(NC(=O)C(C(C)C)N(C)C)C(C)C. The summed E-state index contributed by atoms with van der Waals surface area (Å²) in [5, 5.41) is 13.7. The Morgan fingerprint density at radius 2 is 1.37 bits per heavy atom. The quantitative estimate of drug-likeness (QED) is 0.0364. The molecule has 0 spiro atoms. The summed E-state index contributed by atoms with van der Waals surface area (Å²) in [7, 11) is 3.63. The Morgan fingerprint density at radius 1 is 0.769 bits per heavy atom. The van der Waals surface area contributed by atoms with Crippen LogP contribution in [0.5, 0.6) is 0 Å². The summed E-state index contributed by atoms with van der Waals surface area (Å²) in [4.78, 5) is 140. The highest BCUT2D eigenvalue weighted by molar-refractivity contribution is 7.90. The predicted octanol–water partition coefficient (Wildman–Crippen LogP) is 3.93. The highest BCUT2D eigenvalue weighted by Gasteiger charge is 2.44.